The van der Waals surface area contributed by atoms with Gasteiger partial charge in [-0.05, 0) is 30.3 Å². The molecule has 0 fully saturated rings. The Labute approximate surface area is 142 Å². The van der Waals surface area contributed by atoms with Crippen molar-refractivity contribution in [3.63, 3.8) is 0 Å². The summed E-state index contributed by atoms with van der Waals surface area (Å²) in [5.41, 5.74) is 1.94. The lowest BCUT2D eigenvalue weighted by molar-refractivity contribution is 0.174. The van der Waals surface area contributed by atoms with E-state index < -0.39 is 0 Å². The van der Waals surface area contributed by atoms with Gasteiger partial charge in [0, 0.05) is 16.8 Å². The van der Waals surface area contributed by atoms with Crippen LogP contribution in [-0.2, 0) is 0 Å². The van der Waals surface area contributed by atoms with Crippen LogP contribution in [-0.4, -0.2) is 16.6 Å². The summed E-state index contributed by atoms with van der Waals surface area (Å²) in [5.74, 6) is 1.91. The summed E-state index contributed by atoms with van der Waals surface area (Å²) in [6.45, 7) is 0.211. The molecule has 0 bridgehead atoms. The molecule has 0 radical (unpaired) electrons. The predicted molar refractivity (Wildman–Crippen MR) is 89.1 cm³/mol. The van der Waals surface area contributed by atoms with Gasteiger partial charge in [-0.25, -0.2) is 4.68 Å². The molecule has 7 heteroatoms. The highest BCUT2D eigenvalue weighted by Gasteiger charge is 2.16. The minimum Gasteiger partial charge on any atom is -0.454 e. The van der Waals surface area contributed by atoms with E-state index in [4.69, 9.17) is 21.1 Å². The van der Waals surface area contributed by atoms with Crippen LogP contribution in [0.15, 0.2) is 48.7 Å². The maximum absolute atomic E-state index is 9.35. The Hall–Kier alpha value is -3.17. The summed E-state index contributed by atoms with van der Waals surface area (Å²) < 4.78 is 12.3. The van der Waals surface area contributed by atoms with Gasteiger partial charge in [-0.1, -0.05) is 17.7 Å². The van der Waals surface area contributed by atoms with Crippen molar-refractivity contribution in [3.05, 3.63) is 59.2 Å². The van der Waals surface area contributed by atoms with Crippen molar-refractivity contribution in [3.8, 4) is 23.3 Å². The van der Waals surface area contributed by atoms with Gasteiger partial charge in [-0.15, -0.1) is 0 Å². The quantitative estimate of drug-likeness (QED) is 0.784. The van der Waals surface area contributed by atoms with E-state index in [0.29, 0.717) is 27.9 Å². The Kier molecular flexibility index (Phi) is 3.48. The fourth-order valence-electron chi connectivity index (χ4n) is 2.47. The first-order valence-electron chi connectivity index (χ1n) is 7.15. The van der Waals surface area contributed by atoms with Crippen LogP contribution in [0.4, 0.5) is 11.5 Å². The first kappa shape index (κ1) is 14.4. The molecule has 1 aliphatic heterocycles. The second-order valence-electron chi connectivity index (χ2n) is 5.10. The van der Waals surface area contributed by atoms with E-state index in [9.17, 15) is 5.26 Å². The first-order chi connectivity index (χ1) is 11.7. The number of ether oxygens (including phenoxy) is 2. The van der Waals surface area contributed by atoms with E-state index in [1.165, 1.54) is 6.20 Å². The second-order valence-corrected chi connectivity index (χ2v) is 5.54. The number of hydrogen-bond donors (Lipinski definition) is 1. The van der Waals surface area contributed by atoms with Gasteiger partial charge in [-0.3, -0.25) is 0 Å². The molecule has 4 rings (SSSR count). The Morgan fingerprint density at radius 3 is 2.88 bits per heavy atom. The molecule has 0 saturated carbocycles. The van der Waals surface area contributed by atoms with Crippen LogP contribution >= 0.6 is 11.6 Å². The molecule has 1 aromatic heterocycles. The maximum atomic E-state index is 9.35. The van der Waals surface area contributed by atoms with Crippen LogP contribution in [0.1, 0.15) is 5.56 Å². The van der Waals surface area contributed by atoms with Gasteiger partial charge in [0.2, 0.25) is 6.79 Å². The van der Waals surface area contributed by atoms with Crippen molar-refractivity contribution in [2.75, 3.05) is 12.1 Å². The van der Waals surface area contributed by atoms with Gasteiger partial charge >= 0.3 is 0 Å². The molecule has 1 N–H and O–H groups in total. The Morgan fingerprint density at radius 2 is 2.04 bits per heavy atom. The zero-order valence-corrected chi connectivity index (χ0v) is 13.1. The van der Waals surface area contributed by atoms with Gasteiger partial charge in [0.1, 0.15) is 11.6 Å². The number of halogens is 1. The Morgan fingerprint density at radius 1 is 1.17 bits per heavy atom. The number of nitriles is 1. The number of nitrogens with zero attached hydrogens (tertiary/aromatic N) is 3. The summed E-state index contributed by atoms with van der Waals surface area (Å²) in [6, 6.07) is 14.9. The van der Waals surface area contributed by atoms with Gasteiger partial charge in [0.05, 0.1) is 11.9 Å². The normalized spacial score (nSPS) is 12.0. The Bertz CT molecular complexity index is 961. The largest absolute Gasteiger partial charge is 0.454 e. The lowest BCUT2D eigenvalue weighted by Gasteiger charge is -2.11. The summed E-state index contributed by atoms with van der Waals surface area (Å²) in [6.07, 6.45) is 1.51. The third-order valence-electron chi connectivity index (χ3n) is 3.58. The number of fused-ring (bicyclic) bond motifs is 1. The minimum atomic E-state index is 0.211. The van der Waals surface area contributed by atoms with Crippen LogP contribution in [0.3, 0.4) is 0 Å². The van der Waals surface area contributed by atoms with E-state index in [-0.39, 0.29) is 6.79 Å². The number of benzene rings is 2. The number of aromatic nitrogens is 2. The molecule has 2 aromatic carbocycles. The van der Waals surface area contributed by atoms with E-state index in [1.807, 2.05) is 30.3 Å². The van der Waals surface area contributed by atoms with Crippen LogP contribution in [0.5, 0.6) is 11.5 Å². The highest BCUT2D eigenvalue weighted by atomic mass is 35.5. The predicted octanol–water partition coefficient (Wildman–Crippen LogP) is 3.87. The first-order valence-corrected chi connectivity index (χ1v) is 7.53. The smallest absolute Gasteiger partial charge is 0.231 e. The lowest BCUT2D eigenvalue weighted by atomic mass is 10.2. The van der Waals surface area contributed by atoms with Crippen LogP contribution in [0, 0.1) is 11.3 Å². The molecule has 0 saturated heterocycles. The number of anilines is 2. The van der Waals surface area contributed by atoms with Gasteiger partial charge in [0.25, 0.3) is 0 Å². The highest BCUT2D eigenvalue weighted by Crippen LogP contribution is 2.35. The number of nitrogens with one attached hydrogen (secondary N) is 1. The molecular weight excluding hydrogens is 328 g/mol. The van der Waals surface area contributed by atoms with E-state index in [2.05, 4.69) is 16.5 Å². The van der Waals surface area contributed by atoms with Crippen LogP contribution in [0.2, 0.25) is 5.02 Å². The van der Waals surface area contributed by atoms with E-state index in [0.717, 1.165) is 11.4 Å². The topological polar surface area (TPSA) is 72.1 Å². The average molecular weight is 339 g/mol. The summed E-state index contributed by atoms with van der Waals surface area (Å²) >= 11 is 6.05. The van der Waals surface area contributed by atoms with Crippen molar-refractivity contribution in [2.45, 2.75) is 0 Å². The monoisotopic (exact) mass is 338 g/mol. The van der Waals surface area contributed by atoms with Gasteiger partial charge in [0.15, 0.2) is 17.3 Å². The fraction of sp³-hybridized carbons (Fsp3) is 0.0588. The molecule has 0 amide bonds. The zero-order chi connectivity index (χ0) is 16.5. The summed E-state index contributed by atoms with van der Waals surface area (Å²) in [5, 5.41) is 17.4. The third-order valence-corrected chi connectivity index (χ3v) is 3.81. The molecule has 3 aromatic rings. The van der Waals surface area contributed by atoms with Crippen molar-refractivity contribution >= 4 is 23.1 Å². The molecule has 0 spiro atoms. The van der Waals surface area contributed by atoms with Crippen LogP contribution in [0.25, 0.3) is 5.69 Å². The maximum Gasteiger partial charge on any atom is 0.231 e. The molecule has 24 heavy (non-hydrogen) atoms. The van der Waals surface area contributed by atoms with Crippen molar-refractivity contribution in [2.24, 2.45) is 0 Å². The summed E-state index contributed by atoms with van der Waals surface area (Å²) in [7, 11) is 0. The van der Waals surface area contributed by atoms with Crippen molar-refractivity contribution in [1.29, 1.82) is 5.26 Å². The average Bonchev–Trinajstić information content (AvgIpc) is 3.21. The second kappa shape index (κ2) is 5.80. The van der Waals surface area contributed by atoms with Gasteiger partial charge in [-0.2, -0.15) is 10.4 Å². The number of hydrogen-bond acceptors (Lipinski definition) is 5. The van der Waals surface area contributed by atoms with E-state index >= 15 is 0 Å². The minimum absolute atomic E-state index is 0.211. The van der Waals surface area contributed by atoms with Gasteiger partial charge < -0.3 is 14.8 Å². The summed E-state index contributed by atoms with van der Waals surface area (Å²) in [4.78, 5) is 0. The SMILES string of the molecule is N#Cc1cnn(-c2cccc(Cl)c2)c1Nc1ccc2c(c1)OCO2. The molecule has 0 unspecified atom stereocenters. The number of rotatable bonds is 3. The fourth-order valence-corrected chi connectivity index (χ4v) is 2.65. The molecule has 0 aliphatic carbocycles. The molecule has 6 nitrogen and oxygen atoms in total. The lowest BCUT2D eigenvalue weighted by Crippen LogP contribution is -2.03. The molecule has 0 atom stereocenters. The molecule has 118 valence electrons. The molecular formula is C17H11ClN4O2. The van der Waals surface area contributed by atoms with Crippen LogP contribution < -0.4 is 14.8 Å². The molecule has 2 heterocycles. The standard InChI is InChI=1S/C17H11ClN4O2/c18-12-2-1-3-14(6-12)22-17(11(8-19)9-20-22)21-13-4-5-15-16(7-13)24-10-23-15/h1-7,9,21H,10H2. The van der Waals surface area contributed by atoms with Crippen molar-refractivity contribution in [1.82, 2.24) is 9.78 Å². The third kappa shape index (κ3) is 2.51. The highest BCUT2D eigenvalue weighted by molar-refractivity contribution is 6.30. The van der Waals surface area contributed by atoms with E-state index in [1.54, 1.807) is 16.8 Å². The molecule has 1 aliphatic rings. The Balaban J connectivity index is 1.75. The zero-order valence-electron chi connectivity index (χ0n) is 12.4. The van der Waals surface area contributed by atoms with Crippen molar-refractivity contribution < 1.29 is 9.47 Å².